The summed E-state index contributed by atoms with van der Waals surface area (Å²) in [6, 6.07) is 9.88. The zero-order valence-electron chi connectivity index (χ0n) is 10.5. The third-order valence-corrected chi connectivity index (χ3v) is 3.84. The summed E-state index contributed by atoms with van der Waals surface area (Å²) in [7, 11) is 0. The molecule has 19 heavy (non-hydrogen) atoms. The molecule has 0 unspecified atom stereocenters. The molecule has 1 aromatic heterocycles. The third-order valence-electron chi connectivity index (χ3n) is 3.50. The molecule has 1 aliphatic carbocycles. The molecule has 0 atom stereocenters. The summed E-state index contributed by atoms with van der Waals surface area (Å²) < 4.78 is 1.72. The number of carbonyl (C=O) groups is 1. The Bertz CT molecular complexity index is 694. The molecule has 2 aromatic rings. The number of rotatable bonds is 2. The Labute approximate surface area is 117 Å². The Morgan fingerprint density at radius 3 is 2.74 bits per heavy atom. The zero-order chi connectivity index (χ0) is 13.2. The fourth-order valence-corrected chi connectivity index (χ4v) is 2.61. The highest BCUT2D eigenvalue weighted by atomic mass is 35.5. The Hall–Kier alpha value is -1.80. The minimum absolute atomic E-state index is 0.0612. The summed E-state index contributed by atoms with van der Waals surface area (Å²) in [5.74, 6) is 0.607. The van der Waals surface area contributed by atoms with Crippen LogP contribution >= 0.6 is 11.6 Å². The molecule has 1 heterocycles. The lowest BCUT2D eigenvalue weighted by atomic mass is 9.99. The van der Waals surface area contributed by atoms with E-state index in [-0.39, 0.29) is 5.91 Å². The molecule has 96 valence electrons. The van der Waals surface area contributed by atoms with Crippen molar-refractivity contribution < 1.29 is 4.79 Å². The van der Waals surface area contributed by atoms with Gasteiger partial charge in [0.15, 0.2) is 0 Å². The minimum atomic E-state index is 0.0612. The van der Waals surface area contributed by atoms with Crippen LogP contribution in [-0.2, 0) is 0 Å². The number of nitrogens with zero attached hydrogens (tertiary/aromatic N) is 1. The number of benzene rings is 1. The van der Waals surface area contributed by atoms with Gasteiger partial charge in [-0.1, -0.05) is 35.9 Å². The number of para-hydroxylation sites is 1. The topological polar surface area (TPSA) is 22.0 Å². The molecule has 0 spiro atoms. The fourth-order valence-electron chi connectivity index (χ4n) is 2.38. The summed E-state index contributed by atoms with van der Waals surface area (Å²) >= 11 is 5.80. The molecule has 3 heteroatoms. The normalized spacial score (nSPS) is 15.2. The van der Waals surface area contributed by atoms with E-state index in [1.54, 1.807) is 4.57 Å². The molecule has 0 saturated carbocycles. The van der Waals surface area contributed by atoms with Gasteiger partial charge in [0, 0.05) is 23.0 Å². The molecular weight excluding hydrogens is 258 g/mol. The van der Waals surface area contributed by atoms with Crippen LogP contribution in [0.3, 0.4) is 0 Å². The summed E-state index contributed by atoms with van der Waals surface area (Å²) in [6.45, 7) is 0. The Morgan fingerprint density at radius 2 is 2.00 bits per heavy atom. The van der Waals surface area contributed by atoms with Gasteiger partial charge in [-0.2, -0.15) is 0 Å². The highest BCUT2D eigenvalue weighted by Crippen LogP contribution is 2.23. The number of aromatic nitrogens is 1. The van der Waals surface area contributed by atoms with Crippen molar-refractivity contribution in [1.29, 1.82) is 0 Å². The largest absolute Gasteiger partial charge is 0.283 e. The Balaban J connectivity index is 1.97. The predicted molar refractivity (Wildman–Crippen MR) is 78.7 cm³/mol. The van der Waals surface area contributed by atoms with Crippen molar-refractivity contribution in [3.05, 3.63) is 59.8 Å². The molecule has 0 fully saturated rings. The molecule has 0 bridgehead atoms. The fraction of sp³-hybridized carbons (Fsp3) is 0.188. The van der Waals surface area contributed by atoms with Gasteiger partial charge in [0.2, 0.25) is 0 Å². The van der Waals surface area contributed by atoms with Crippen molar-refractivity contribution in [2.24, 2.45) is 0 Å². The quantitative estimate of drug-likeness (QED) is 0.752. The van der Waals surface area contributed by atoms with E-state index in [2.05, 4.69) is 0 Å². The van der Waals surface area contributed by atoms with Crippen molar-refractivity contribution in [3.63, 3.8) is 0 Å². The lowest BCUT2D eigenvalue weighted by Gasteiger charge is -2.13. The number of fused-ring (bicyclic) bond motifs is 1. The number of allylic oxidation sites excluding steroid dienone is 4. The van der Waals surface area contributed by atoms with E-state index in [9.17, 15) is 4.79 Å². The molecule has 3 rings (SSSR count). The average Bonchev–Trinajstić information content (AvgIpc) is 2.90. The van der Waals surface area contributed by atoms with E-state index in [1.165, 1.54) is 5.57 Å². The summed E-state index contributed by atoms with van der Waals surface area (Å²) in [4.78, 5) is 12.5. The molecule has 0 N–H and O–H groups in total. The van der Waals surface area contributed by atoms with E-state index in [0.29, 0.717) is 5.88 Å². The van der Waals surface area contributed by atoms with Crippen LogP contribution in [0.25, 0.3) is 10.9 Å². The minimum Gasteiger partial charge on any atom is -0.283 e. The summed E-state index contributed by atoms with van der Waals surface area (Å²) in [5, 5.41) is 1.09. The van der Waals surface area contributed by atoms with E-state index in [1.807, 2.05) is 48.7 Å². The molecule has 0 saturated heterocycles. The number of alkyl halides is 1. The van der Waals surface area contributed by atoms with Gasteiger partial charge in [0.1, 0.15) is 0 Å². The van der Waals surface area contributed by atoms with E-state index in [4.69, 9.17) is 11.6 Å². The zero-order valence-corrected chi connectivity index (χ0v) is 11.2. The summed E-state index contributed by atoms with van der Waals surface area (Å²) in [5.41, 5.74) is 2.99. The standard InChI is InChI=1S/C16H14ClNO/c17-11-12-5-7-14(8-6-12)16(19)18-10-9-13-3-1-2-4-15(13)18/h1-5,7,9-10H,6,8,11H2. The smallest absolute Gasteiger partial charge is 0.258 e. The van der Waals surface area contributed by atoms with Crippen LogP contribution in [0.4, 0.5) is 0 Å². The monoisotopic (exact) mass is 271 g/mol. The Morgan fingerprint density at radius 1 is 1.16 bits per heavy atom. The highest BCUT2D eigenvalue weighted by molar-refractivity contribution is 6.19. The maximum atomic E-state index is 12.5. The van der Waals surface area contributed by atoms with Crippen LogP contribution in [0.15, 0.2) is 59.8 Å². The first kappa shape index (κ1) is 12.2. The van der Waals surface area contributed by atoms with Crippen molar-refractivity contribution >= 4 is 28.4 Å². The number of hydrogen-bond acceptors (Lipinski definition) is 1. The van der Waals surface area contributed by atoms with Gasteiger partial charge in [-0.3, -0.25) is 9.36 Å². The first-order chi connectivity index (χ1) is 9.29. The van der Waals surface area contributed by atoms with E-state index in [0.717, 1.165) is 29.3 Å². The third kappa shape index (κ3) is 2.24. The average molecular weight is 272 g/mol. The second kappa shape index (κ2) is 5.06. The summed E-state index contributed by atoms with van der Waals surface area (Å²) in [6.07, 6.45) is 7.35. The van der Waals surface area contributed by atoms with Crippen molar-refractivity contribution in [2.45, 2.75) is 12.8 Å². The van der Waals surface area contributed by atoms with Crippen molar-refractivity contribution in [2.75, 3.05) is 5.88 Å². The van der Waals surface area contributed by atoms with Crippen LogP contribution in [0.2, 0.25) is 0 Å². The number of carbonyl (C=O) groups excluding carboxylic acids is 1. The maximum Gasteiger partial charge on any atom is 0.258 e. The number of halogens is 1. The molecule has 0 amide bonds. The molecule has 0 radical (unpaired) electrons. The van der Waals surface area contributed by atoms with Gasteiger partial charge < -0.3 is 0 Å². The Kier molecular flexibility index (Phi) is 3.26. The molecule has 2 nitrogen and oxygen atoms in total. The van der Waals surface area contributed by atoms with Gasteiger partial charge in [0.05, 0.1) is 5.52 Å². The van der Waals surface area contributed by atoms with Crippen LogP contribution in [-0.4, -0.2) is 16.4 Å². The molecule has 1 aliphatic rings. The lowest BCUT2D eigenvalue weighted by molar-refractivity contribution is 0.0956. The van der Waals surface area contributed by atoms with Crippen LogP contribution in [0.1, 0.15) is 17.6 Å². The SMILES string of the molecule is O=C(C1=CC=C(CCl)CC1)n1ccc2ccccc21. The lowest BCUT2D eigenvalue weighted by Crippen LogP contribution is -2.14. The first-order valence-corrected chi connectivity index (χ1v) is 6.88. The number of hydrogen-bond donors (Lipinski definition) is 0. The van der Waals surface area contributed by atoms with Crippen molar-refractivity contribution in [1.82, 2.24) is 4.57 Å². The second-order valence-electron chi connectivity index (χ2n) is 4.70. The molecule has 1 aromatic carbocycles. The van der Waals surface area contributed by atoms with E-state index < -0.39 is 0 Å². The predicted octanol–water partition coefficient (Wildman–Crippen LogP) is 4.17. The van der Waals surface area contributed by atoms with Crippen LogP contribution < -0.4 is 0 Å². The van der Waals surface area contributed by atoms with Crippen LogP contribution in [0.5, 0.6) is 0 Å². The van der Waals surface area contributed by atoms with Gasteiger partial charge in [0.25, 0.3) is 5.91 Å². The van der Waals surface area contributed by atoms with Gasteiger partial charge >= 0.3 is 0 Å². The van der Waals surface area contributed by atoms with Gasteiger partial charge in [-0.15, -0.1) is 11.6 Å². The van der Waals surface area contributed by atoms with Crippen molar-refractivity contribution in [3.8, 4) is 0 Å². The van der Waals surface area contributed by atoms with Gasteiger partial charge in [-0.25, -0.2) is 0 Å². The molecular formula is C16H14ClNO. The maximum absolute atomic E-state index is 12.5. The molecule has 0 aliphatic heterocycles. The van der Waals surface area contributed by atoms with Crippen LogP contribution in [0, 0.1) is 0 Å². The first-order valence-electron chi connectivity index (χ1n) is 6.35. The van der Waals surface area contributed by atoms with Gasteiger partial charge in [-0.05, 0) is 25.0 Å². The second-order valence-corrected chi connectivity index (χ2v) is 4.97. The highest BCUT2D eigenvalue weighted by Gasteiger charge is 2.16. The van der Waals surface area contributed by atoms with E-state index >= 15 is 0 Å².